The number of hydrogen-bond donors (Lipinski definition) is 1. The van der Waals surface area contributed by atoms with Crippen LogP contribution in [0.4, 0.5) is 5.69 Å². The molecule has 3 rings (SSSR count). The molecule has 1 saturated heterocycles. The Balaban J connectivity index is 1.90. The fraction of sp³-hybridized carbons (Fsp3) is 0.235. The lowest BCUT2D eigenvalue weighted by Crippen LogP contribution is -2.31. The number of amides is 1. The van der Waals surface area contributed by atoms with Crippen molar-refractivity contribution in [1.29, 1.82) is 0 Å². The summed E-state index contributed by atoms with van der Waals surface area (Å²) in [4.78, 5) is 14.7. The van der Waals surface area contributed by atoms with E-state index in [-0.39, 0.29) is 11.9 Å². The number of nitrogen functional groups attached to an aromatic ring is 1. The van der Waals surface area contributed by atoms with E-state index in [1.165, 1.54) is 5.56 Å². The molecule has 2 aromatic carbocycles. The molecular weight excluding hydrogens is 328 g/mol. The Bertz CT molecular complexity index is 657. The summed E-state index contributed by atoms with van der Waals surface area (Å²) < 4.78 is 0.887. The first-order valence-electron chi connectivity index (χ1n) is 7.08. The highest BCUT2D eigenvalue weighted by Gasteiger charge is 2.31. The van der Waals surface area contributed by atoms with Crippen molar-refractivity contribution >= 4 is 27.5 Å². The van der Waals surface area contributed by atoms with Crippen LogP contribution in [0.15, 0.2) is 53.0 Å². The van der Waals surface area contributed by atoms with E-state index >= 15 is 0 Å². The van der Waals surface area contributed by atoms with Crippen LogP contribution in [-0.2, 0) is 0 Å². The van der Waals surface area contributed by atoms with Crippen molar-refractivity contribution in [2.75, 3.05) is 12.3 Å². The van der Waals surface area contributed by atoms with Gasteiger partial charge in [0.1, 0.15) is 0 Å². The number of hydrogen-bond acceptors (Lipinski definition) is 2. The van der Waals surface area contributed by atoms with Crippen LogP contribution in [0.3, 0.4) is 0 Å². The van der Waals surface area contributed by atoms with Crippen molar-refractivity contribution in [2.24, 2.45) is 0 Å². The summed E-state index contributed by atoms with van der Waals surface area (Å²) in [7, 11) is 0. The number of carbonyl (C=O) groups is 1. The first-order valence-corrected chi connectivity index (χ1v) is 7.87. The largest absolute Gasteiger partial charge is 0.398 e. The molecule has 0 aromatic heterocycles. The molecule has 3 nitrogen and oxygen atoms in total. The van der Waals surface area contributed by atoms with Crippen LogP contribution in [-0.4, -0.2) is 17.4 Å². The highest BCUT2D eigenvalue weighted by atomic mass is 79.9. The Hall–Kier alpha value is -1.81. The van der Waals surface area contributed by atoms with E-state index in [1.807, 2.05) is 29.2 Å². The zero-order chi connectivity index (χ0) is 14.8. The van der Waals surface area contributed by atoms with Gasteiger partial charge in [-0.15, -0.1) is 0 Å². The van der Waals surface area contributed by atoms with Crippen molar-refractivity contribution in [2.45, 2.75) is 18.9 Å². The summed E-state index contributed by atoms with van der Waals surface area (Å²) in [6.45, 7) is 0.786. The van der Waals surface area contributed by atoms with E-state index in [9.17, 15) is 4.79 Å². The molecule has 1 aliphatic rings. The molecule has 1 fully saturated rings. The molecule has 21 heavy (non-hydrogen) atoms. The average Bonchev–Trinajstić information content (AvgIpc) is 2.97. The summed E-state index contributed by atoms with van der Waals surface area (Å²) in [5, 5.41) is 0. The fourth-order valence-electron chi connectivity index (χ4n) is 2.91. The van der Waals surface area contributed by atoms with Gasteiger partial charge in [-0.25, -0.2) is 0 Å². The maximum Gasteiger partial charge on any atom is 0.256 e. The van der Waals surface area contributed by atoms with Gasteiger partial charge in [-0.3, -0.25) is 4.79 Å². The third-order valence-electron chi connectivity index (χ3n) is 3.94. The summed E-state index contributed by atoms with van der Waals surface area (Å²) in [6, 6.07) is 15.8. The molecule has 0 spiro atoms. The fourth-order valence-corrected chi connectivity index (χ4v) is 3.29. The summed E-state index contributed by atoms with van der Waals surface area (Å²) in [5.74, 6) is 0.0198. The van der Waals surface area contributed by atoms with Crippen LogP contribution < -0.4 is 5.73 Å². The number of nitrogens with zero attached hydrogens (tertiary/aromatic N) is 1. The minimum atomic E-state index is 0.0198. The molecule has 1 heterocycles. The van der Waals surface area contributed by atoms with Gasteiger partial charge in [-0.2, -0.15) is 0 Å². The van der Waals surface area contributed by atoms with Crippen LogP contribution in [0.1, 0.15) is 34.8 Å². The number of anilines is 1. The normalized spacial score (nSPS) is 18.0. The van der Waals surface area contributed by atoms with Crippen LogP contribution in [0.2, 0.25) is 0 Å². The molecule has 1 aliphatic heterocycles. The molecule has 2 N–H and O–H groups in total. The second kappa shape index (κ2) is 5.90. The lowest BCUT2D eigenvalue weighted by Gasteiger charge is -2.25. The van der Waals surface area contributed by atoms with Gasteiger partial charge in [0.2, 0.25) is 0 Å². The van der Waals surface area contributed by atoms with Crippen LogP contribution in [0.5, 0.6) is 0 Å². The molecular formula is C17H17BrN2O. The third kappa shape index (κ3) is 2.81. The number of nitrogens with two attached hydrogens (primary N) is 1. The van der Waals surface area contributed by atoms with E-state index in [4.69, 9.17) is 5.73 Å². The van der Waals surface area contributed by atoms with E-state index < -0.39 is 0 Å². The van der Waals surface area contributed by atoms with Crippen LogP contribution >= 0.6 is 15.9 Å². The predicted octanol–water partition coefficient (Wildman–Crippen LogP) is 4.01. The zero-order valence-corrected chi connectivity index (χ0v) is 13.2. The van der Waals surface area contributed by atoms with Crippen molar-refractivity contribution in [3.63, 3.8) is 0 Å². The monoisotopic (exact) mass is 344 g/mol. The second-order valence-electron chi connectivity index (χ2n) is 5.30. The van der Waals surface area contributed by atoms with Gasteiger partial charge >= 0.3 is 0 Å². The molecule has 2 aromatic rings. The molecule has 0 radical (unpaired) electrons. The Labute approximate surface area is 132 Å². The predicted molar refractivity (Wildman–Crippen MR) is 88.0 cm³/mol. The lowest BCUT2D eigenvalue weighted by molar-refractivity contribution is 0.0736. The Morgan fingerprint density at radius 1 is 1.19 bits per heavy atom. The highest BCUT2D eigenvalue weighted by Crippen LogP contribution is 2.34. The number of likely N-dealkylation sites (tertiary alicyclic amines) is 1. The number of rotatable bonds is 2. The minimum Gasteiger partial charge on any atom is -0.398 e. The van der Waals surface area contributed by atoms with E-state index in [1.54, 1.807) is 12.1 Å². The molecule has 4 heteroatoms. The topological polar surface area (TPSA) is 46.3 Å². The first-order chi connectivity index (χ1) is 10.2. The molecule has 1 unspecified atom stereocenters. The van der Waals surface area contributed by atoms with Crippen molar-refractivity contribution in [1.82, 2.24) is 4.90 Å². The van der Waals surface area contributed by atoms with E-state index in [0.29, 0.717) is 11.3 Å². The third-order valence-corrected chi connectivity index (χ3v) is 4.44. The summed E-state index contributed by atoms with van der Waals surface area (Å²) in [5.41, 5.74) is 8.30. The van der Waals surface area contributed by atoms with Gasteiger partial charge < -0.3 is 10.6 Å². The second-order valence-corrected chi connectivity index (χ2v) is 6.21. The van der Waals surface area contributed by atoms with E-state index in [0.717, 1.165) is 23.9 Å². The summed E-state index contributed by atoms with van der Waals surface area (Å²) in [6.07, 6.45) is 2.04. The Morgan fingerprint density at radius 2 is 1.95 bits per heavy atom. The molecule has 0 bridgehead atoms. The first kappa shape index (κ1) is 14.1. The molecule has 0 aliphatic carbocycles. The standard InChI is InChI=1S/C17H17BrN2O/c18-13-8-9-14(15(19)11-13)17(21)20-10-4-7-16(20)12-5-2-1-3-6-12/h1-3,5-6,8-9,11,16H,4,7,10,19H2. The SMILES string of the molecule is Nc1cc(Br)ccc1C(=O)N1CCCC1c1ccccc1. The summed E-state index contributed by atoms with van der Waals surface area (Å²) >= 11 is 3.37. The van der Waals surface area contributed by atoms with Gasteiger partial charge in [0.05, 0.1) is 11.6 Å². The van der Waals surface area contributed by atoms with Crippen molar-refractivity contribution < 1.29 is 4.79 Å². The van der Waals surface area contributed by atoms with Crippen LogP contribution in [0.25, 0.3) is 0 Å². The maximum absolute atomic E-state index is 12.8. The van der Waals surface area contributed by atoms with Gasteiger partial charge in [0.15, 0.2) is 0 Å². The lowest BCUT2D eigenvalue weighted by atomic mass is 10.0. The quantitative estimate of drug-likeness (QED) is 0.836. The average molecular weight is 345 g/mol. The highest BCUT2D eigenvalue weighted by molar-refractivity contribution is 9.10. The van der Waals surface area contributed by atoms with Crippen LogP contribution in [0, 0.1) is 0 Å². The van der Waals surface area contributed by atoms with E-state index in [2.05, 4.69) is 28.1 Å². The molecule has 1 atom stereocenters. The molecule has 0 saturated carbocycles. The number of benzene rings is 2. The molecule has 108 valence electrons. The minimum absolute atomic E-state index is 0.0198. The van der Waals surface area contributed by atoms with Gasteiger partial charge in [0.25, 0.3) is 5.91 Å². The van der Waals surface area contributed by atoms with Gasteiger partial charge in [-0.05, 0) is 36.6 Å². The van der Waals surface area contributed by atoms with Crippen molar-refractivity contribution in [3.05, 3.63) is 64.1 Å². The smallest absolute Gasteiger partial charge is 0.256 e. The molecule has 1 amide bonds. The Kier molecular flexibility index (Phi) is 3.97. The Morgan fingerprint density at radius 3 is 2.67 bits per heavy atom. The maximum atomic E-state index is 12.8. The number of halogens is 1. The van der Waals surface area contributed by atoms with Crippen molar-refractivity contribution in [3.8, 4) is 0 Å². The van der Waals surface area contributed by atoms with Gasteiger partial charge in [-0.1, -0.05) is 46.3 Å². The number of carbonyl (C=O) groups excluding carboxylic acids is 1. The zero-order valence-electron chi connectivity index (χ0n) is 11.6. The van der Waals surface area contributed by atoms with Gasteiger partial charge in [0, 0.05) is 16.7 Å².